The van der Waals surface area contributed by atoms with Crippen LogP contribution in [0.2, 0.25) is 0 Å². The van der Waals surface area contributed by atoms with Crippen LogP contribution >= 0.6 is 0 Å². The molecule has 0 unspecified atom stereocenters. The molecule has 0 aliphatic carbocycles. The zero-order valence-corrected chi connectivity index (χ0v) is 11.8. The Morgan fingerprint density at radius 2 is 2.00 bits per heavy atom. The van der Waals surface area contributed by atoms with E-state index in [1.807, 2.05) is 0 Å². The second-order valence-corrected chi connectivity index (χ2v) is 5.18. The number of aryl methyl sites for hydroxylation is 2. The smallest absolute Gasteiger partial charge is 0.335 e. The average Bonchev–Trinajstić information content (AvgIpc) is 3.00. The van der Waals surface area contributed by atoms with Crippen LogP contribution in [0, 0.1) is 13.8 Å². The van der Waals surface area contributed by atoms with Crippen LogP contribution in [0.4, 0.5) is 5.69 Å². The molecule has 1 aromatic heterocycles. The number of hydrogen-bond acceptors (Lipinski definition) is 3. The monoisotopic (exact) mass is 285 g/mol. The Bertz CT molecular complexity index is 745. The Morgan fingerprint density at radius 1 is 1.24 bits per heavy atom. The summed E-state index contributed by atoms with van der Waals surface area (Å²) < 4.78 is 5.41. The number of fused-ring (bicyclic) bond motifs is 1. The van der Waals surface area contributed by atoms with Crippen LogP contribution in [0.25, 0.3) is 0 Å². The van der Waals surface area contributed by atoms with Crippen molar-refractivity contribution in [2.75, 3.05) is 11.4 Å². The number of nitrogens with zero attached hydrogens (tertiary/aromatic N) is 1. The molecule has 0 radical (unpaired) electrons. The van der Waals surface area contributed by atoms with E-state index in [1.54, 1.807) is 36.9 Å². The molecule has 0 saturated heterocycles. The van der Waals surface area contributed by atoms with Gasteiger partial charge in [-0.1, -0.05) is 0 Å². The van der Waals surface area contributed by atoms with Gasteiger partial charge in [0, 0.05) is 12.2 Å². The van der Waals surface area contributed by atoms with Crippen molar-refractivity contribution in [3.8, 4) is 0 Å². The maximum Gasteiger partial charge on any atom is 0.335 e. The average molecular weight is 285 g/mol. The zero-order valence-electron chi connectivity index (χ0n) is 11.8. The number of carbonyl (C=O) groups is 2. The fourth-order valence-electron chi connectivity index (χ4n) is 2.73. The lowest BCUT2D eigenvalue weighted by molar-refractivity contribution is 0.0696. The Balaban J connectivity index is 1.96. The van der Waals surface area contributed by atoms with Crippen LogP contribution in [0.3, 0.4) is 0 Å². The highest BCUT2D eigenvalue weighted by molar-refractivity contribution is 6.08. The van der Waals surface area contributed by atoms with Gasteiger partial charge < -0.3 is 14.4 Å². The minimum Gasteiger partial charge on any atom is -0.478 e. The summed E-state index contributed by atoms with van der Waals surface area (Å²) in [7, 11) is 0. The molecule has 1 aliphatic rings. The zero-order chi connectivity index (χ0) is 15.1. The van der Waals surface area contributed by atoms with Crippen LogP contribution < -0.4 is 4.90 Å². The van der Waals surface area contributed by atoms with Gasteiger partial charge in [0.15, 0.2) is 0 Å². The van der Waals surface area contributed by atoms with Gasteiger partial charge in [-0.05, 0) is 50.1 Å². The number of amides is 1. The summed E-state index contributed by atoms with van der Waals surface area (Å²) in [5, 5.41) is 9.02. The van der Waals surface area contributed by atoms with E-state index in [4.69, 9.17) is 9.52 Å². The van der Waals surface area contributed by atoms with Gasteiger partial charge in [-0.2, -0.15) is 0 Å². The number of benzene rings is 1. The molecule has 1 amide bonds. The van der Waals surface area contributed by atoms with Crippen molar-refractivity contribution in [1.29, 1.82) is 0 Å². The molecule has 5 nitrogen and oxygen atoms in total. The van der Waals surface area contributed by atoms with Gasteiger partial charge in [-0.15, -0.1) is 0 Å². The van der Waals surface area contributed by atoms with Crippen LogP contribution in [-0.2, 0) is 6.42 Å². The maximum absolute atomic E-state index is 12.6. The number of hydrogen-bond donors (Lipinski definition) is 1. The fourth-order valence-corrected chi connectivity index (χ4v) is 2.73. The normalized spacial score (nSPS) is 13.3. The number of aromatic carboxylic acids is 1. The topological polar surface area (TPSA) is 70.8 Å². The number of carbonyl (C=O) groups excluding carboxylic acids is 1. The summed E-state index contributed by atoms with van der Waals surface area (Å²) in [5.74, 6) is 0.250. The van der Waals surface area contributed by atoms with Gasteiger partial charge in [0.2, 0.25) is 0 Å². The van der Waals surface area contributed by atoms with E-state index in [0.717, 1.165) is 11.3 Å². The summed E-state index contributed by atoms with van der Waals surface area (Å²) in [6.07, 6.45) is 0.665. The SMILES string of the molecule is Cc1cc(C(=O)N2CCc3cc(C(=O)O)ccc32)c(C)o1. The molecule has 5 heteroatoms. The number of carboxylic acid groups (broad SMARTS) is 1. The van der Waals surface area contributed by atoms with Crippen molar-refractivity contribution in [3.63, 3.8) is 0 Å². The first-order valence-electron chi connectivity index (χ1n) is 6.72. The van der Waals surface area contributed by atoms with E-state index in [0.29, 0.717) is 30.0 Å². The van der Waals surface area contributed by atoms with E-state index < -0.39 is 5.97 Å². The van der Waals surface area contributed by atoms with Crippen molar-refractivity contribution in [1.82, 2.24) is 0 Å². The van der Waals surface area contributed by atoms with E-state index in [-0.39, 0.29) is 11.5 Å². The van der Waals surface area contributed by atoms with Gasteiger partial charge >= 0.3 is 5.97 Å². The third kappa shape index (κ3) is 2.20. The summed E-state index contributed by atoms with van der Waals surface area (Å²) in [4.78, 5) is 25.3. The molecular formula is C16H15NO4. The van der Waals surface area contributed by atoms with E-state index in [9.17, 15) is 9.59 Å². The molecule has 1 aromatic carbocycles. The van der Waals surface area contributed by atoms with Gasteiger partial charge in [0.25, 0.3) is 5.91 Å². The molecule has 1 N–H and O–H groups in total. The second kappa shape index (κ2) is 4.77. The molecule has 0 atom stereocenters. The largest absolute Gasteiger partial charge is 0.478 e. The number of furan rings is 1. The van der Waals surface area contributed by atoms with Gasteiger partial charge in [0.1, 0.15) is 11.5 Å². The van der Waals surface area contributed by atoms with E-state index >= 15 is 0 Å². The molecule has 3 rings (SSSR count). The van der Waals surface area contributed by atoms with Crippen LogP contribution in [0.1, 0.15) is 37.8 Å². The lowest BCUT2D eigenvalue weighted by atomic mass is 10.1. The van der Waals surface area contributed by atoms with E-state index in [1.165, 1.54) is 6.07 Å². The lowest BCUT2D eigenvalue weighted by Crippen LogP contribution is -2.29. The highest BCUT2D eigenvalue weighted by Crippen LogP contribution is 2.31. The standard InChI is InChI=1S/C16H15NO4/c1-9-7-13(10(2)21-9)15(18)17-6-5-11-8-12(16(19)20)3-4-14(11)17/h3-4,7-8H,5-6H2,1-2H3,(H,19,20). The Kier molecular flexibility index (Phi) is 3.05. The highest BCUT2D eigenvalue weighted by atomic mass is 16.4. The molecule has 0 spiro atoms. The first kappa shape index (κ1) is 13.4. The minimum atomic E-state index is -0.955. The lowest BCUT2D eigenvalue weighted by Gasteiger charge is -2.16. The minimum absolute atomic E-state index is 0.105. The van der Waals surface area contributed by atoms with Crippen LogP contribution in [0.5, 0.6) is 0 Å². The third-order valence-corrected chi connectivity index (χ3v) is 3.74. The maximum atomic E-state index is 12.6. The quantitative estimate of drug-likeness (QED) is 0.921. The highest BCUT2D eigenvalue weighted by Gasteiger charge is 2.28. The predicted octanol–water partition coefficient (Wildman–Crippen LogP) is 2.80. The van der Waals surface area contributed by atoms with Crippen molar-refractivity contribution in [2.45, 2.75) is 20.3 Å². The van der Waals surface area contributed by atoms with Gasteiger partial charge in [-0.25, -0.2) is 4.79 Å². The van der Waals surface area contributed by atoms with Gasteiger partial charge in [-0.3, -0.25) is 4.79 Å². The second-order valence-electron chi connectivity index (χ2n) is 5.18. The summed E-state index contributed by atoms with van der Waals surface area (Å²) in [6, 6.07) is 6.60. The van der Waals surface area contributed by atoms with Crippen LogP contribution in [-0.4, -0.2) is 23.5 Å². The molecule has 0 saturated carbocycles. The van der Waals surface area contributed by atoms with Crippen LogP contribution in [0.15, 0.2) is 28.7 Å². The molecule has 1 aliphatic heterocycles. The summed E-state index contributed by atoms with van der Waals surface area (Å²) in [6.45, 7) is 4.13. The van der Waals surface area contributed by atoms with Crippen molar-refractivity contribution in [2.24, 2.45) is 0 Å². The molecular weight excluding hydrogens is 270 g/mol. The van der Waals surface area contributed by atoms with Crippen molar-refractivity contribution < 1.29 is 19.1 Å². The summed E-state index contributed by atoms with van der Waals surface area (Å²) >= 11 is 0. The number of carboxylic acids is 1. The first-order chi connectivity index (χ1) is 9.97. The molecule has 2 aromatic rings. The predicted molar refractivity (Wildman–Crippen MR) is 77.0 cm³/mol. The fraction of sp³-hybridized carbons (Fsp3) is 0.250. The summed E-state index contributed by atoms with van der Waals surface area (Å²) in [5.41, 5.74) is 2.48. The molecule has 21 heavy (non-hydrogen) atoms. The number of rotatable bonds is 2. The molecule has 2 heterocycles. The number of anilines is 1. The Morgan fingerprint density at radius 3 is 2.62 bits per heavy atom. The Labute approximate surface area is 121 Å². The first-order valence-corrected chi connectivity index (χ1v) is 6.72. The van der Waals surface area contributed by atoms with Crippen molar-refractivity contribution in [3.05, 3.63) is 52.5 Å². The molecule has 0 fully saturated rings. The Hall–Kier alpha value is -2.56. The molecule has 0 bridgehead atoms. The third-order valence-electron chi connectivity index (χ3n) is 3.74. The van der Waals surface area contributed by atoms with Gasteiger partial charge in [0.05, 0.1) is 11.1 Å². The molecule has 108 valence electrons. The van der Waals surface area contributed by atoms with E-state index in [2.05, 4.69) is 0 Å². The van der Waals surface area contributed by atoms with Crippen molar-refractivity contribution >= 4 is 17.6 Å².